The van der Waals surface area contributed by atoms with Gasteiger partial charge in [0.1, 0.15) is 5.82 Å². The van der Waals surface area contributed by atoms with Crippen LogP contribution in [0.4, 0.5) is 4.39 Å². The van der Waals surface area contributed by atoms with Gasteiger partial charge < -0.3 is 19.9 Å². The van der Waals surface area contributed by atoms with E-state index in [1.165, 1.54) is 6.07 Å². The summed E-state index contributed by atoms with van der Waals surface area (Å²) in [5.41, 5.74) is 0.517. The summed E-state index contributed by atoms with van der Waals surface area (Å²) in [5.74, 6) is 0.676. The highest BCUT2D eigenvalue weighted by atomic mass is 35.5. The Morgan fingerprint density at radius 3 is 2.55 bits per heavy atom. The molecule has 1 N–H and O–H groups in total. The van der Waals surface area contributed by atoms with E-state index >= 15 is 0 Å². The van der Waals surface area contributed by atoms with Crippen LogP contribution in [0.3, 0.4) is 0 Å². The first-order valence-electron chi connectivity index (χ1n) is 10.0. The molecule has 0 aliphatic carbocycles. The molecule has 0 spiro atoms. The number of rotatable bonds is 5. The molecule has 0 bridgehead atoms. The quantitative estimate of drug-likeness (QED) is 0.565. The Morgan fingerprint density at radius 2 is 1.90 bits per heavy atom. The van der Waals surface area contributed by atoms with Crippen molar-refractivity contribution in [3.05, 3.63) is 34.6 Å². The molecule has 2 heterocycles. The van der Waals surface area contributed by atoms with Gasteiger partial charge in [-0.05, 0) is 18.6 Å². The molecule has 1 aromatic carbocycles. The number of nitrogens with zero attached hydrogens (tertiary/aromatic N) is 4. The second kappa shape index (κ2) is 10.8. The summed E-state index contributed by atoms with van der Waals surface area (Å²) in [4.78, 5) is 23.0. The van der Waals surface area contributed by atoms with Crippen LogP contribution in [0.15, 0.2) is 23.2 Å². The molecule has 0 aromatic heterocycles. The van der Waals surface area contributed by atoms with Crippen LogP contribution in [0, 0.1) is 5.82 Å². The molecule has 9 heteroatoms. The zero-order chi connectivity index (χ0) is 20.6. The SMILES string of the molecule is CN=C(NCCc1c(F)cccc1Cl)N1CCN(CC(=O)N2CCOCC2)CC1. The number of piperazine rings is 1. The van der Waals surface area contributed by atoms with E-state index < -0.39 is 0 Å². The molecule has 160 valence electrons. The monoisotopic (exact) mass is 425 g/mol. The molecule has 2 aliphatic rings. The first-order chi connectivity index (χ1) is 14.1. The van der Waals surface area contributed by atoms with Crippen molar-refractivity contribution in [2.75, 3.05) is 72.6 Å². The molecule has 1 aromatic rings. The van der Waals surface area contributed by atoms with Gasteiger partial charge in [0.15, 0.2) is 5.96 Å². The molecule has 0 unspecified atom stereocenters. The summed E-state index contributed by atoms with van der Waals surface area (Å²) in [7, 11) is 1.74. The van der Waals surface area contributed by atoms with Crippen molar-refractivity contribution in [2.45, 2.75) is 6.42 Å². The first-order valence-corrected chi connectivity index (χ1v) is 10.4. The van der Waals surface area contributed by atoms with E-state index in [0.29, 0.717) is 56.4 Å². The van der Waals surface area contributed by atoms with E-state index in [2.05, 4.69) is 20.1 Å². The van der Waals surface area contributed by atoms with Gasteiger partial charge in [-0.15, -0.1) is 0 Å². The molecule has 2 aliphatic heterocycles. The van der Waals surface area contributed by atoms with E-state index in [0.717, 1.165) is 32.1 Å². The number of morpholine rings is 1. The summed E-state index contributed by atoms with van der Waals surface area (Å²) in [6.45, 7) is 6.79. The Bertz CT molecular complexity index is 699. The van der Waals surface area contributed by atoms with Crippen LogP contribution < -0.4 is 5.32 Å². The van der Waals surface area contributed by atoms with Crippen molar-refractivity contribution >= 4 is 23.5 Å². The lowest BCUT2D eigenvalue weighted by molar-refractivity contribution is -0.136. The molecule has 0 saturated carbocycles. The number of halogens is 2. The van der Waals surface area contributed by atoms with Crippen LogP contribution in [0.25, 0.3) is 0 Å². The fourth-order valence-electron chi connectivity index (χ4n) is 3.62. The second-order valence-electron chi connectivity index (χ2n) is 7.18. The lowest BCUT2D eigenvalue weighted by atomic mass is 10.1. The third-order valence-corrected chi connectivity index (χ3v) is 5.68. The number of nitrogens with one attached hydrogen (secondary N) is 1. The van der Waals surface area contributed by atoms with E-state index in [4.69, 9.17) is 16.3 Å². The van der Waals surface area contributed by atoms with Crippen LogP contribution in [-0.2, 0) is 16.0 Å². The number of carbonyl (C=O) groups is 1. The Labute approximate surface area is 176 Å². The standard InChI is InChI=1S/C20H29ClFN5O2/c1-23-20(24-6-5-16-17(21)3-2-4-18(16)22)27-9-7-25(8-10-27)15-19(28)26-11-13-29-14-12-26/h2-4H,5-15H2,1H3,(H,23,24). The van der Waals surface area contributed by atoms with Gasteiger partial charge in [0.05, 0.1) is 19.8 Å². The van der Waals surface area contributed by atoms with Gasteiger partial charge in [-0.3, -0.25) is 14.7 Å². The van der Waals surface area contributed by atoms with Crippen LogP contribution in [0.2, 0.25) is 5.02 Å². The fourth-order valence-corrected chi connectivity index (χ4v) is 3.88. The van der Waals surface area contributed by atoms with E-state index in [9.17, 15) is 9.18 Å². The van der Waals surface area contributed by atoms with Gasteiger partial charge >= 0.3 is 0 Å². The molecule has 0 atom stereocenters. The zero-order valence-corrected chi connectivity index (χ0v) is 17.6. The van der Waals surface area contributed by atoms with Gasteiger partial charge in [0, 0.05) is 63.4 Å². The van der Waals surface area contributed by atoms with Crippen molar-refractivity contribution in [2.24, 2.45) is 4.99 Å². The largest absolute Gasteiger partial charge is 0.378 e. The van der Waals surface area contributed by atoms with Crippen molar-refractivity contribution in [3.8, 4) is 0 Å². The lowest BCUT2D eigenvalue weighted by Crippen LogP contribution is -2.55. The van der Waals surface area contributed by atoms with Crippen LogP contribution >= 0.6 is 11.6 Å². The van der Waals surface area contributed by atoms with Gasteiger partial charge in [-0.25, -0.2) is 4.39 Å². The molecule has 2 saturated heterocycles. The van der Waals surface area contributed by atoms with Crippen molar-refractivity contribution in [3.63, 3.8) is 0 Å². The molecule has 0 radical (unpaired) electrons. The molecule has 2 fully saturated rings. The number of benzene rings is 1. The van der Waals surface area contributed by atoms with Crippen molar-refractivity contribution in [1.29, 1.82) is 0 Å². The van der Waals surface area contributed by atoms with E-state index in [-0.39, 0.29) is 11.7 Å². The molecule has 7 nitrogen and oxygen atoms in total. The highest BCUT2D eigenvalue weighted by Gasteiger charge is 2.24. The zero-order valence-electron chi connectivity index (χ0n) is 16.9. The van der Waals surface area contributed by atoms with Gasteiger partial charge in [0.2, 0.25) is 5.91 Å². The predicted molar refractivity (Wildman–Crippen MR) is 112 cm³/mol. The Balaban J connectivity index is 1.42. The van der Waals surface area contributed by atoms with Crippen molar-refractivity contribution in [1.82, 2.24) is 20.0 Å². The van der Waals surface area contributed by atoms with E-state index in [1.54, 1.807) is 19.2 Å². The highest BCUT2D eigenvalue weighted by molar-refractivity contribution is 6.31. The normalized spacial score (nSPS) is 18.8. The van der Waals surface area contributed by atoms with Crippen molar-refractivity contribution < 1.29 is 13.9 Å². The summed E-state index contributed by atoms with van der Waals surface area (Å²) >= 11 is 6.09. The number of hydrogen-bond acceptors (Lipinski definition) is 4. The molecule has 29 heavy (non-hydrogen) atoms. The van der Waals surface area contributed by atoms with Crippen LogP contribution in [0.1, 0.15) is 5.56 Å². The van der Waals surface area contributed by atoms with Crippen LogP contribution in [-0.4, -0.2) is 99.2 Å². The maximum atomic E-state index is 13.9. The number of aliphatic imine (C=N–C) groups is 1. The summed E-state index contributed by atoms with van der Waals surface area (Å²) in [5, 5.41) is 3.74. The number of amides is 1. The number of guanidine groups is 1. The third kappa shape index (κ3) is 6.04. The Morgan fingerprint density at radius 1 is 1.17 bits per heavy atom. The first kappa shape index (κ1) is 21.8. The fraction of sp³-hybridized carbons (Fsp3) is 0.600. The molecular weight excluding hydrogens is 397 g/mol. The minimum absolute atomic E-state index is 0.172. The summed E-state index contributed by atoms with van der Waals surface area (Å²) < 4.78 is 19.2. The van der Waals surface area contributed by atoms with E-state index in [1.807, 2.05) is 4.90 Å². The van der Waals surface area contributed by atoms with Gasteiger partial charge in [0.25, 0.3) is 0 Å². The lowest BCUT2D eigenvalue weighted by Gasteiger charge is -2.37. The molecular formula is C20H29ClFN5O2. The molecule has 3 rings (SSSR count). The second-order valence-corrected chi connectivity index (χ2v) is 7.59. The number of carbonyl (C=O) groups excluding carboxylic acids is 1. The maximum absolute atomic E-state index is 13.9. The summed E-state index contributed by atoms with van der Waals surface area (Å²) in [6, 6.07) is 4.73. The highest BCUT2D eigenvalue weighted by Crippen LogP contribution is 2.19. The van der Waals surface area contributed by atoms with Gasteiger partial charge in [-0.1, -0.05) is 17.7 Å². The minimum Gasteiger partial charge on any atom is -0.378 e. The maximum Gasteiger partial charge on any atom is 0.236 e. The topological polar surface area (TPSA) is 60.4 Å². The average molecular weight is 426 g/mol. The average Bonchev–Trinajstić information content (AvgIpc) is 2.74. The molecule has 1 amide bonds. The Kier molecular flexibility index (Phi) is 8.09. The number of hydrogen-bond donors (Lipinski definition) is 1. The minimum atomic E-state index is -0.284. The predicted octanol–water partition coefficient (Wildman–Crippen LogP) is 1.07. The third-order valence-electron chi connectivity index (χ3n) is 5.33. The van der Waals surface area contributed by atoms with Gasteiger partial charge in [-0.2, -0.15) is 0 Å². The van der Waals surface area contributed by atoms with Crippen LogP contribution in [0.5, 0.6) is 0 Å². The Hall–Kier alpha value is -1.90. The summed E-state index contributed by atoms with van der Waals surface area (Å²) in [6.07, 6.45) is 0.485. The number of ether oxygens (including phenoxy) is 1. The smallest absolute Gasteiger partial charge is 0.236 e.